The molecule has 1 heterocycles. The third-order valence-electron chi connectivity index (χ3n) is 3.08. The van der Waals surface area contributed by atoms with Gasteiger partial charge in [0.15, 0.2) is 0 Å². The van der Waals surface area contributed by atoms with Crippen LogP contribution >= 0.6 is 0 Å². The smallest absolute Gasteiger partial charge is 0.0689 e. The number of hydrogen-bond donors (Lipinski definition) is 1. The van der Waals surface area contributed by atoms with Crippen molar-refractivity contribution < 1.29 is 4.74 Å². The summed E-state index contributed by atoms with van der Waals surface area (Å²) in [4.78, 5) is 2.38. The molecule has 0 bridgehead atoms. The molecule has 16 heavy (non-hydrogen) atoms. The van der Waals surface area contributed by atoms with E-state index in [1.807, 2.05) is 0 Å². The van der Waals surface area contributed by atoms with Gasteiger partial charge in [0.05, 0.1) is 13.2 Å². The molecule has 0 aromatic rings. The van der Waals surface area contributed by atoms with Gasteiger partial charge < -0.3 is 15.0 Å². The Morgan fingerprint density at radius 3 is 2.94 bits per heavy atom. The molecule has 3 nitrogen and oxygen atoms in total. The molecular formula is C13H26N2O. The van der Waals surface area contributed by atoms with Gasteiger partial charge in [0.1, 0.15) is 0 Å². The van der Waals surface area contributed by atoms with Crippen molar-refractivity contribution in [2.24, 2.45) is 0 Å². The fraction of sp³-hybridized carbons (Fsp3) is 0.846. The van der Waals surface area contributed by atoms with E-state index in [-0.39, 0.29) is 0 Å². The van der Waals surface area contributed by atoms with E-state index in [0.29, 0.717) is 6.04 Å². The van der Waals surface area contributed by atoms with Crippen molar-refractivity contribution >= 4 is 0 Å². The van der Waals surface area contributed by atoms with Crippen molar-refractivity contribution in [1.29, 1.82) is 0 Å². The molecule has 0 unspecified atom stereocenters. The van der Waals surface area contributed by atoms with Crippen molar-refractivity contribution in [1.82, 2.24) is 10.2 Å². The fourth-order valence-corrected chi connectivity index (χ4v) is 1.69. The zero-order chi connectivity index (χ0) is 11.8. The zero-order valence-electron chi connectivity index (χ0n) is 11.0. The lowest BCUT2D eigenvalue weighted by molar-refractivity contribution is 0.148. The zero-order valence-corrected chi connectivity index (χ0v) is 11.0. The first-order chi connectivity index (χ1) is 7.70. The van der Waals surface area contributed by atoms with Gasteiger partial charge in [-0.3, -0.25) is 0 Å². The molecule has 0 spiro atoms. The van der Waals surface area contributed by atoms with Crippen LogP contribution in [0.3, 0.4) is 0 Å². The first-order valence-corrected chi connectivity index (χ1v) is 6.36. The molecule has 3 heteroatoms. The minimum Gasteiger partial charge on any atom is -0.377 e. The maximum atomic E-state index is 5.39. The standard InChI is InChI=1S/C13H26N2O/c1-12(2)15(3)8-5-7-14-10-13-6-4-9-16-11-13/h6,12,14H,4-5,7-11H2,1-3H3. The molecule has 1 aliphatic rings. The number of ether oxygens (including phenoxy) is 1. The molecule has 0 atom stereocenters. The molecule has 0 aromatic carbocycles. The second-order valence-corrected chi connectivity index (χ2v) is 4.81. The van der Waals surface area contributed by atoms with Crippen LogP contribution in [0.2, 0.25) is 0 Å². The molecule has 94 valence electrons. The van der Waals surface area contributed by atoms with Crippen LogP contribution in [0.25, 0.3) is 0 Å². The Balaban J connectivity index is 1.97. The Morgan fingerprint density at radius 1 is 1.50 bits per heavy atom. The lowest BCUT2D eigenvalue weighted by Gasteiger charge is -2.21. The minimum absolute atomic E-state index is 0.648. The van der Waals surface area contributed by atoms with Crippen molar-refractivity contribution in [2.75, 3.05) is 39.9 Å². The summed E-state index contributed by atoms with van der Waals surface area (Å²) in [5.74, 6) is 0. The lowest BCUT2D eigenvalue weighted by atomic mass is 10.2. The topological polar surface area (TPSA) is 24.5 Å². The summed E-state index contributed by atoms with van der Waals surface area (Å²) in [5.41, 5.74) is 1.41. The van der Waals surface area contributed by atoms with Crippen LogP contribution in [0.4, 0.5) is 0 Å². The number of hydrogen-bond acceptors (Lipinski definition) is 3. The lowest BCUT2D eigenvalue weighted by Crippen LogP contribution is -2.30. The van der Waals surface area contributed by atoms with E-state index in [9.17, 15) is 0 Å². The Morgan fingerprint density at radius 2 is 2.31 bits per heavy atom. The third-order valence-corrected chi connectivity index (χ3v) is 3.08. The molecule has 0 aromatic heterocycles. The Bertz CT molecular complexity index is 214. The monoisotopic (exact) mass is 226 g/mol. The maximum absolute atomic E-state index is 5.39. The summed E-state index contributed by atoms with van der Waals surface area (Å²) in [6.45, 7) is 9.43. The highest BCUT2D eigenvalue weighted by molar-refractivity contribution is 5.06. The average Bonchev–Trinajstić information content (AvgIpc) is 2.29. The van der Waals surface area contributed by atoms with Gasteiger partial charge in [-0.15, -0.1) is 0 Å². The normalized spacial score (nSPS) is 16.9. The van der Waals surface area contributed by atoms with E-state index in [0.717, 1.165) is 32.7 Å². The largest absolute Gasteiger partial charge is 0.377 e. The highest BCUT2D eigenvalue weighted by Gasteiger charge is 2.04. The van der Waals surface area contributed by atoms with Crippen molar-refractivity contribution in [3.05, 3.63) is 11.6 Å². The minimum atomic E-state index is 0.648. The first-order valence-electron chi connectivity index (χ1n) is 6.36. The highest BCUT2D eigenvalue weighted by Crippen LogP contribution is 2.03. The van der Waals surface area contributed by atoms with Gasteiger partial charge >= 0.3 is 0 Å². The van der Waals surface area contributed by atoms with Crippen LogP contribution < -0.4 is 5.32 Å². The van der Waals surface area contributed by atoms with E-state index in [1.54, 1.807) is 0 Å². The quantitative estimate of drug-likeness (QED) is 0.528. The fourth-order valence-electron chi connectivity index (χ4n) is 1.69. The van der Waals surface area contributed by atoms with Crippen molar-refractivity contribution in [2.45, 2.75) is 32.7 Å². The summed E-state index contributed by atoms with van der Waals surface area (Å²) >= 11 is 0. The van der Waals surface area contributed by atoms with E-state index < -0.39 is 0 Å². The third kappa shape index (κ3) is 5.64. The second kappa shape index (κ2) is 7.82. The summed E-state index contributed by atoms with van der Waals surface area (Å²) in [6.07, 6.45) is 4.59. The van der Waals surface area contributed by atoms with Gasteiger partial charge in [-0.1, -0.05) is 6.08 Å². The molecule has 0 aliphatic carbocycles. The summed E-state index contributed by atoms with van der Waals surface area (Å²) in [5, 5.41) is 3.47. The summed E-state index contributed by atoms with van der Waals surface area (Å²) in [7, 11) is 2.18. The average molecular weight is 226 g/mol. The summed E-state index contributed by atoms with van der Waals surface area (Å²) < 4.78 is 5.39. The van der Waals surface area contributed by atoms with Crippen LogP contribution in [-0.4, -0.2) is 50.8 Å². The predicted octanol–water partition coefficient (Wildman–Crippen LogP) is 1.65. The van der Waals surface area contributed by atoms with Gasteiger partial charge in [0.25, 0.3) is 0 Å². The molecule has 0 saturated carbocycles. The summed E-state index contributed by atoms with van der Waals surface area (Å²) in [6, 6.07) is 0.648. The molecule has 1 N–H and O–H groups in total. The van der Waals surface area contributed by atoms with Gasteiger partial charge in [-0.25, -0.2) is 0 Å². The van der Waals surface area contributed by atoms with Crippen LogP contribution in [0.1, 0.15) is 26.7 Å². The van der Waals surface area contributed by atoms with Gasteiger partial charge in [0, 0.05) is 12.6 Å². The highest BCUT2D eigenvalue weighted by atomic mass is 16.5. The number of nitrogens with zero attached hydrogens (tertiary/aromatic N) is 1. The van der Waals surface area contributed by atoms with Crippen LogP contribution in [-0.2, 0) is 4.74 Å². The van der Waals surface area contributed by atoms with Gasteiger partial charge in [0.2, 0.25) is 0 Å². The molecule has 0 saturated heterocycles. The van der Waals surface area contributed by atoms with E-state index in [2.05, 4.69) is 37.2 Å². The van der Waals surface area contributed by atoms with E-state index >= 15 is 0 Å². The first kappa shape index (κ1) is 13.7. The number of rotatable bonds is 7. The Kier molecular flexibility index (Phi) is 6.69. The molecule has 1 rings (SSSR count). The van der Waals surface area contributed by atoms with Crippen molar-refractivity contribution in [3.63, 3.8) is 0 Å². The second-order valence-electron chi connectivity index (χ2n) is 4.81. The molecular weight excluding hydrogens is 200 g/mol. The molecule has 1 aliphatic heterocycles. The molecule has 0 radical (unpaired) electrons. The van der Waals surface area contributed by atoms with Gasteiger partial charge in [-0.2, -0.15) is 0 Å². The number of nitrogens with one attached hydrogen (secondary N) is 1. The molecule has 0 fully saturated rings. The van der Waals surface area contributed by atoms with E-state index in [4.69, 9.17) is 4.74 Å². The maximum Gasteiger partial charge on any atom is 0.0689 e. The van der Waals surface area contributed by atoms with Gasteiger partial charge in [-0.05, 0) is 52.4 Å². The molecule has 0 amide bonds. The van der Waals surface area contributed by atoms with Crippen LogP contribution in [0.5, 0.6) is 0 Å². The van der Waals surface area contributed by atoms with Crippen LogP contribution in [0.15, 0.2) is 11.6 Å². The van der Waals surface area contributed by atoms with E-state index in [1.165, 1.54) is 18.5 Å². The Hall–Kier alpha value is -0.380. The van der Waals surface area contributed by atoms with Crippen LogP contribution in [0, 0.1) is 0 Å². The Labute approximate surface area is 99.8 Å². The van der Waals surface area contributed by atoms with Crippen molar-refractivity contribution in [3.8, 4) is 0 Å². The SMILES string of the molecule is CC(C)N(C)CCCNCC1=CCCOC1. The predicted molar refractivity (Wildman–Crippen MR) is 68.8 cm³/mol.